The summed E-state index contributed by atoms with van der Waals surface area (Å²) in [6, 6.07) is 0. The van der Waals surface area contributed by atoms with Crippen molar-refractivity contribution in [3.05, 3.63) is 23.3 Å². The van der Waals surface area contributed by atoms with Gasteiger partial charge >= 0.3 is 11.9 Å². The van der Waals surface area contributed by atoms with Crippen molar-refractivity contribution in [2.75, 3.05) is 7.11 Å². The maximum atomic E-state index is 12.6. The number of hydrogen-bond donors (Lipinski definition) is 0. The average Bonchev–Trinajstić information content (AvgIpc) is 2.63. The van der Waals surface area contributed by atoms with E-state index in [1.807, 2.05) is 13.0 Å². The van der Waals surface area contributed by atoms with Crippen LogP contribution in [-0.2, 0) is 23.9 Å². The van der Waals surface area contributed by atoms with E-state index in [1.165, 1.54) is 7.11 Å². The highest BCUT2D eigenvalue weighted by Crippen LogP contribution is 2.52. The Kier molecular flexibility index (Phi) is 6.09. The van der Waals surface area contributed by atoms with Gasteiger partial charge in [-0.25, -0.2) is 4.79 Å². The Balaban J connectivity index is 2.31. The predicted octanol–water partition coefficient (Wildman–Crippen LogP) is 3.63. The molecule has 0 aromatic rings. The zero-order valence-electron chi connectivity index (χ0n) is 16.6. The van der Waals surface area contributed by atoms with Crippen molar-refractivity contribution in [1.82, 2.24) is 0 Å². The van der Waals surface area contributed by atoms with E-state index in [0.717, 1.165) is 12.8 Å². The molecular formula is C21H30O5. The second kappa shape index (κ2) is 7.77. The van der Waals surface area contributed by atoms with Gasteiger partial charge in [0.05, 0.1) is 13.0 Å². The zero-order valence-corrected chi connectivity index (χ0v) is 16.6. The van der Waals surface area contributed by atoms with E-state index in [9.17, 15) is 14.4 Å². The molecule has 5 nitrogen and oxygen atoms in total. The number of esters is 2. The smallest absolute Gasteiger partial charge is 0.333 e. The second-order valence-corrected chi connectivity index (χ2v) is 7.82. The van der Waals surface area contributed by atoms with Crippen LogP contribution in [0.15, 0.2) is 23.3 Å². The number of methoxy groups -OCH3 is 1. The fourth-order valence-electron chi connectivity index (χ4n) is 4.21. The Hall–Kier alpha value is -1.91. The molecule has 0 aromatic carbocycles. The largest absolute Gasteiger partial charge is 0.469 e. The fourth-order valence-corrected chi connectivity index (χ4v) is 4.21. The maximum absolute atomic E-state index is 12.6. The van der Waals surface area contributed by atoms with Crippen molar-refractivity contribution in [1.29, 1.82) is 0 Å². The van der Waals surface area contributed by atoms with Gasteiger partial charge in [0, 0.05) is 23.5 Å². The molecule has 1 fully saturated rings. The highest BCUT2D eigenvalue weighted by Gasteiger charge is 2.50. The van der Waals surface area contributed by atoms with Gasteiger partial charge in [0.1, 0.15) is 6.10 Å². The maximum Gasteiger partial charge on any atom is 0.333 e. The van der Waals surface area contributed by atoms with Crippen molar-refractivity contribution >= 4 is 17.7 Å². The van der Waals surface area contributed by atoms with Gasteiger partial charge < -0.3 is 9.47 Å². The molecule has 0 N–H and O–H groups in total. The Morgan fingerprint density at radius 3 is 2.58 bits per heavy atom. The average molecular weight is 362 g/mol. The van der Waals surface area contributed by atoms with Crippen molar-refractivity contribution in [2.45, 2.75) is 60.0 Å². The monoisotopic (exact) mass is 362 g/mol. The molecule has 0 saturated heterocycles. The van der Waals surface area contributed by atoms with Crippen LogP contribution in [0.1, 0.15) is 53.9 Å². The van der Waals surface area contributed by atoms with E-state index >= 15 is 0 Å². The Bertz CT molecular complexity index is 659. The van der Waals surface area contributed by atoms with Crippen LogP contribution < -0.4 is 0 Å². The van der Waals surface area contributed by atoms with Gasteiger partial charge in [0.2, 0.25) is 0 Å². The van der Waals surface area contributed by atoms with Crippen LogP contribution in [0.5, 0.6) is 0 Å². The minimum atomic E-state index is -0.578. The molecule has 0 unspecified atom stereocenters. The molecule has 5 heteroatoms. The van der Waals surface area contributed by atoms with Gasteiger partial charge in [-0.15, -0.1) is 0 Å². The van der Waals surface area contributed by atoms with Crippen LogP contribution >= 0.6 is 0 Å². The predicted molar refractivity (Wildman–Crippen MR) is 98.2 cm³/mol. The minimum absolute atomic E-state index is 0.0257. The second-order valence-electron chi connectivity index (χ2n) is 7.82. The van der Waals surface area contributed by atoms with Crippen LogP contribution in [0.4, 0.5) is 0 Å². The third kappa shape index (κ3) is 3.62. The first-order valence-corrected chi connectivity index (χ1v) is 9.33. The number of fused-ring (bicyclic) bond motifs is 1. The van der Waals surface area contributed by atoms with Gasteiger partial charge in [-0.05, 0) is 44.9 Å². The molecule has 0 aromatic heterocycles. The van der Waals surface area contributed by atoms with E-state index < -0.39 is 11.9 Å². The molecule has 0 aliphatic heterocycles. The molecule has 1 saturated carbocycles. The summed E-state index contributed by atoms with van der Waals surface area (Å²) in [6.45, 7) is 9.45. The summed E-state index contributed by atoms with van der Waals surface area (Å²) in [7, 11) is 1.33. The molecule has 0 heterocycles. The molecule has 2 rings (SSSR count). The first-order valence-electron chi connectivity index (χ1n) is 9.33. The highest BCUT2D eigenvalue weighted by molar-refractivity contribution is 6.01. The van der Waals surface area contributed by atoms with E-state index in [2.05, 4.69) is 13.8 Å². The number of allylic oxidation sites excluding steroid dienone is 2. The summed E-state index contributed by atoms with van der Waals surface area (Å²) < 4.78 is 10.6. The van der Waals surface area contributed by atoms with Gasteiger partial charge in [-0.2, -0.15) is 0 Å². The van der Waals surface area contributed by atoms with Crippen molar-refractivity contribution < 1.29 is 23.9 Å². The molecular weight excluding hydrogens is 332 g/mol. The lowest BCUT2D eigenvalue weighted by Crippen LogP contribution is -2.48. The number of rotatable bonds is 4. The summed E-state index contributed by atoms with van der Waals surface area (Å²) in [4.78, 5) is 36.7. The number of hydrogen-bond acceptors (Lipinski definition) is 5. The normalized spacial score (nSPS) is 33.0. The van der Waals surface area contributed by atoms with Crippen LogP contribution in [0.25, 0.3) is 0 Å². The Morgan fingerprint density at radius 1 is 1.35 bits per heavy atom. The number of ketones is 1. The van der Waals surface area contributed by atoms with Gasteiger partial charge in [0.15, 0.2) is 5.78 Å². The van der Waals surface area contributed by atoms with Crippen molar-refractivity contribution in [2.24, 2.45) is 23.2 Å². The third-order valence-electron chi connectivity index (χ3n) is 6.47. The van der Waals surface area contributed by atoms with E-state index in [1.54, 1.807) is 19.9 Å². The lowest BCUT2D eigenvalue weighted by Gasteiger charge is -2.50. The van der Waals surface area contributed by atoms with E-state index in [0.29, 0.717) is 17.6 Å². The Morgan fingerprint density at radius 2 is 2.00 bits per heavy atom. The SMILES string of the molecule is C/C=C(/C)C(=O)O[C@H]1CC[C@@H]2CC(=O)C([C@@H](C)C(=O)OC)=C[C@]2(C)[C@H]1C. The molecule has 5 atom stereocenters. The van der Waals surface area contributed by atoms with Crippen molar-refractivity contribution in [3.63, 3.8) is 0 Å². The zero-order chi connectivity index (χ0) is 19.6. The molecule has 2 aliphatic rings. The Labute approximate surface area is 155 Å². The van der Waals surface area contributed by atoms with E-state index in [-0.39, 0.29) is 35.1 Å². The fraction of sp³-hybridized carbons (Fsp3) is 0.667. The molecule has 0 radical (unpaired) electrons. The summed E-state index contributed by atoms with van der Waals surface area (Å²) >= 11 is 0. The van der Waals surface area contributed by atoms with Gasteiger partial charge in [-0.3, -0.25) is 9.59 Å². The van der Waals surface area contributed by atoms with Crippen LogP contribution in [0, 0.1) is 23.2 Å². The first kappa shape index (κ1) is 20.4. The van der Waals surface area contributed by atoms with Gasteiger partial charge in [-0.1, -0.05) is 26.0 Å². The first-order chi connectivity index (χ1) is 12.2. The minimum Gasteiger partial charge on any atom is -0.469 e. The quantitative estimate of drug-likeness (QED) is 0.564. The molecule has 26 heavy (non-hydrogen) atoms. The molecule has 144 valence electrons. The molecule has 2 aliphatic carbocycles. The number of ether oxygens (including phenoxy) is 2. The van der Waals surface area contributed by atoms with Crippen LogP contribution in [-0.4, -0.2) is 30.9 Å². The summed E-state index contributed by atoms with van der Waals surface area (Å²) in [6.07, 6.45) is 5.53. The highest BCUT2D eigenvalue weighted by atomic mass is 16.5. The van der Waals surface area contributed by atoms with E-state index in [4.69, 9.17) is 9.47 Å². The molecule has 0 spiro atoms. The lowest BCUT2D eigenvalue weighted by atomic mass is 9.56. The topological polar surface area (TPSA) is 69.7 Å². The number of carbonyl (C=O) groups is 3. The summed E-state index contributed by atoms with van der Waals surface area (Å²) in [5.41, 5.74) is 0.830. The standard InChI is InChI=1S/C21H30O5/c1-7-12(2)19(23)26-18-9-8-15-10-17(22)16(13(3)20(24)25-6)11-21(15,5)14(18)4/h7,11,13-15,18H,8-10H2,1-6H3/b12-7-/t13-,14+,15-,18+,21-/m1/s1. The summed E-state index contributed by atoms with van der Waals surface area (Å²) in [5, 5.41) is 0. The number of carbonyl (C=O) groups excluding carboxylic acids is 3. The number of Topliss-reactive ketones (excluding diaryl/α,β-unsaturated/α-hetero) is 1. The molecule has 0 amide bonds. The van der Waals surface area contributed by atoms with Gasteiger partial charge in [0.25, 0.3) is 0 Å². The third-order valence-corrected chi connectivity index (χ3v) is 6.47. The van der Waals surface area contributed by atoms with Crippen molar-refractivity contribution in [3.8, 4) is 0 Å². The van der Waals surface area contributed by atoms with Crippen LogP contribution in [0.3, 0.4) is 0 Å². The lowest BCUT2D eigenvalue weighted by molar-refractivity contribution is -0.154. The summed E-state index contributed by atoms with van der Waals surface area (Å²) in [5.74, 6) is -0.977. The van der Waals surface area contributed by atoms with Crippen LogP contribution in [0.2, 0.25) is 0 Å². The molecule has 0 bridgehead atoms.